The standard InChI is InChI=1S/C21H19NO2/c1-15-9-8-14-19(16(15)2)22(17-10-4-3-5-11-17)20-13-7-6-12-18(20)21(23)24/h3-14H,1-2H3,(H,23,24). The van der Waals surface area contributed by atoms with Crippen molar-refractivity contribution in [2.75, 3.05) is 4.90 Å². The second kappa shape index (κ2) is 6.59. The van der Waals surface area contributed by atoms with Crippen molar-refractivity contribution in [3.8, 4) is 0 Å². The predicted molar refractivity (Wildman–Crippen MR) is 97.6 cm³/mol. The van der Waals surface area contributed by atoms with Gasteiger partial charge in [0.1, 0.15) is 0 Å². The van der Waals surface area contributed by atoms with E-state index in [0.717, 1.165) is 16.9 Å². The van der Waals surface area contributed by atoms with Crippen molar-refractivity contribution in [2.24, 2.45) is 0 Å². The van der Waals surface area contributed by atoms with Crippen molar-refractivity contribution >= 4 is 23.0 Å². The Morgan fingerprint density at radius 1 is 0.792 bits per heavy atom. The molecule has 3 rings (SSSR count). The zero-order valence-corrected chi connectivity index (χ0v) is 13.7. The van der Waals surface area contributed by atoms with Crippen LogP contribution in [-0.2, 0) is 0 Å². The SMILES string of the molecule is Cc1cccc(N(c2ccccc2)c2ccccc2C(=O)O)c1C. The maximum absolute atomic E-state index is 11.7. The molecule has 3 aromatic rings. The molecule has 0 saturated heterocycles. The lowest BCUT2D eigenvalue weighted by atomic mass is 10.0. The molecule has 24 heavy (non-hydrogen) atoms. The molecule has 0 saturated carbocycles. The predicted octanol–water partition coefficient (Wildman–Crippen LogP) is 5.47. The van der Waals surface area contributed by atoms with Gasteiger partial charge < -0.3 is 10.0 Å². The highest BCUT2D eigenvalue weighted by atomic mass is 16.4. The van der Waals surface area contributed by atoms with Gasteiger partial charge >= 0.3 is 5.97 Å². The van der Waals surface area contributed by atoms with Crippen LogP contribution in [0.3, 0.4) is 0 Å². The first-order chi connectivity index (χ1) is 11.6. The lowest BCUT2D eigenvalue weighted by molar-refractivity contribution is 0.0698. The van der Waals surface area contributed by atoms with Crippen molar-refractivity contribution in [3.05, 3.63) is 89.5 Å². The Hall–Kier alpha value is -3.07. The van der Waals surface area contributed by atoms with Gasteiger partial charge in [0.15, 0.2) is 0 Å². The molecule has 0 aromatic heterocycles. The van der Waals surface area contributed by atoms with Crippen molar-refractivity contribution in [2.45, 2.75) is 13.8 Å². The molecule has 0 unspecified atom stereocenters. The van der Waals surface area contributed by atoms with E-state index in [1.165, 1.54) is 5.56 Å². The van der Waals surface area contributed by atoms with E-state index in [4.69, 9.17) is 0 Å². The summed E-state index contributed by atoms with van der Waals surface area (Å²) in [5.74, 6) is -0.933. The monoisotopic (exact) mass is 317 g/mol. The number of benzene rings is 3. The van der Waals surface area contributed by atoms with Gasteiger partial charge in [-0.25, -0.2) is 4.79 Å². The number of carboxylic acids is 1. The van der Waals surface area contributed by atoms with E-state index in [-0.39, 0.29) is 5.56 Å². The Kier molecular flexibility index (Phi) is 4.34. The number of hydrogen-bond donors (Lipinski definition) is 1. The van der Waals surface area contributed by atoms with Crippen molar-refractivity contribution in [1.82, 2.24) is 0 Å². The minimum atomic E-state index is -0.933. The fourth-order valence-electron chi connectivity index (χ4n) is 2.81. The topological polar surface area (TPSA) is 40.5 Å². The van der Waals surface area contributed by atoms with Crippen LogP contribution in [0.5, 0.6) is 0 Å². The highest BCUT2D eigenvalue weighted by molar-refractivity contribution is 5.97. The molecule has 0 aliphatic heterocycles. The van der Waals surface area contributed by atoms with Crippen molar-refractivity contribution in [1.29, 1.82) is 0 Å². The van der Waals surface area contributed by atoms with Gasteiger partial charge in [0.05, 0.1) is 11.3 Å². The van der Waals surface area contributed by atoms with Crippen LogP contribution in [0.2, 0.25) is 0 Å². The number of rotatable bonds is 4. The molecule has 0 aliphatic rings. The average Bonchev–Trinajstić information content (AvgIpc) is 2.60. The molecule has 3 aromatic carbocycles. The zero-order valence-electron chi connectivity index (χ0n) is 13.7. The molecular weight excluding hydrogens is 298 g/mol. The molecule has 0 heterocycles. The average molecular weight is 317 g/mol. The van der Waals surface area contributed by atoms with Gasteiger partial charge in [0.25, 0.3) is 0 Å². The Labute approximate surface area is 141 Å². The summed E-state index contributed by atoms with van der Waals surface area (Å²) in [6.45, 7) is 4.12. The molecule has 0 atom stereocenters. The van der Waals surface area contributed by atoms with Gasteiger partial charge in [-0.05, 0) is 55.3 Å². The summed E-state index contributed by atoms with van der Waals surface area (Å²) in [5, 5.41) is 9.61. The van der Waals surface area contributed by atoms with Gasteiger partial charge in [-0.3, -0.25) is 0 Å². The largest absolute Gasteiger partial charge is 0.478 e. The van der Waals surface area contributed by atoms with Crippen LogP contribution in [0.25, 0.3) is 0 Å². The van der Waals surface area contributed by atoms with Gasteiger partial charge in [-0.1, -0.05) is 42.5 Å². The Morgan fingerprint density at radius 3 is 2.12 bits per heavy atom. The summed E-state index contributed by atoms with van der Waals surface area (Å²) in [6.07, 6.45) is 0. The number of hydrogen-bond acceptors (Lipinski definition) is 2. The smallest absolute Gasteiger partial charge is 0.337 e. The lowest BCUT2D eigenvalue weighted by Crippen LogP contribution is -2.15. The fraction of sp³-hybridized carbons (Fsp3) is 0.0952. The summed E-state index contributed by atoms with van der Waals surface area (Å²) in [5.41, 5.74) is 5.14. The first kappa shape index (κ1) is 15.8. The number of carbonyl (C=O) groups is 1. The van der Waals surface area contributed by atoms with Gasteiger partial charge in [-0.15, -0.1) is 0 Å². The molecule has 0 bridgehead atoms. The summed E-state index contributed by atoms with van der Waals surface area (Å²) in [6, 6.07) is 23.0. The van der Waals surface area contributed by atoms with E-state index in [1.807, 2.05) is 59.5 Å². The molecule has 3 heteroatoms. The highest BCUT2D eigenvalue weighted by Gasteiger charge is 2.20. The van der Waals surface area contributed by atoms with Crippen LogP contribution < -0.4 is 4.90 Å². The minimum absolute atomic E-state index is 0.280. The van der Waals surface area contributed by atoms with E-state index in [1.54, 1.807) is 12.1 Å². The first-order valence-corrected chi connectivity index (χ1v) is 7.83. The first-order valence-electron chi connectivity index (χ1n) is 7.83. The highest BCUT2D eigenvalue weighted by Crippen LogP contribution is 2.38. The number of para-hydroxylation sites is 2. The molecule has 0 fully saturated rings. The van der Waals surface area contributed by atoms with Gasteiger partial charge in [-0.2, -0.15) is 0 Å². The maximum Gasteiger partial charge on any atom is 0.337 e. The number of anilines is 3. The summed E-state index contributed by atoms with van der Waals surface area (Å²) in [4.78, 5) is 13.7. The third-order valence-electron chi connectivity index (χ3n) is 4.21. The number of nitrogens with zero attached hydrogens (tertiary/aromatic N) is 1. The fourth-order valence-corrected chi connectivity index (χ4v) is 2.81. The van der Waals surface area contributed by atoms with E-state index in [9.17, 15) is 9.90 Å². The van der Waals surface area contributed by atoms with Crippen molar-refractivity contribution in [3.63, 3.8) is 0 Å². The van der Waals surface area contributed by atoms with E-state index in [2.05, 4.69) is 19.9 Å². The number of carboxylic acid groups (broad SMARTS) is 1. The summed E-state index contributed by atoms with van der Waals surface area (Å²) in [7, 11) is 0. The van der Waals surface area contributed by atoms with Crippen LogP contribution in [0, 0.1) is 13.8 Å². The summed E-state index contributed by atoms with van der Waals surface area (Å²) >= 11 is 0. The van der Waals surface area contributed by atoms with Crippen LogP contribution >= 0.6 is 0 Å². The quantitative estimate of drug-likeness (QED) is 0.693. The minimum Gasteiger partial charge on any atom is -0.478 e. The third kappa shape index (κ3) is 2.88. The summed E-state index contributed by atoms with van der Waals surface area (Å²) < 4.78 is 0. The Balaban J connectivity index is 2.29. The second-order valence-electron chi connectivity index (χ2n) is 5.71. The van der Waals surface area contributed by atoms with Gasteiger partial charge in [0.2, 0.25) is 0 Å². The number of aryl methyl sites for hydroxylation is 1. The molecule has 120 valence electrons. The molecular formula is C21H19NO2. The van der Waals surface area contributed by atoms with Crippen LogP contribution in [0.15, 0.2) is 72.8 Å². The number of aromatic carboxylic acids is 1. The molecule has 0 radical (unpaired) electrons. The Morgan fingerprint density at radius 2 is 1.42 bits per heavy atom. The van der Waals surface area contributed by atoms with Gasteiger partial charge in [0, 0.05) is 11.4 Å². The van der Waals surface area contributed by atoms with Crippen LogP contribution in [0.1, 0.15) is 21.5 Å². The zero-order chi connectivity index (χ0) is 17.1. The van der Waals surface area contributed by atoms with E-state index < -0.39 is 5.97 Å². The van der Waals surface area contributed by atoms with Crippen LogP contribution in [-0.4, -0.2) is 11.1 Å². The van der Waals surface area contributed by atoms with Crippen LogP contribution in [0.4, 0.5) is 17.1 Å². The molecule has 0 spiro atoms. The molecule has 0 amide bonds. The molecule has 3 nitrogen and oxygen atoms in total. The van der Waals surface area contributed by atoms with E-state index >= 15 is 0 Å². The molecule has 1 N–H and O–H groups in total. The normalized spacial score (nSPS) is 10.4. The maximum atomic E-state index is 11.7. The van der Waals surface area contributed by atoms with Crippen molar-refractivity contribution < 1.29 is 9.90 Å². The Bertz CT molecular complexity index is 872. The lowest BCUT2D eigenvalue weighted by Gasteiger charge is -2.28. The third-order valence-corrected chi connectivity index (χ3v) is 4.21. The molecule has 0 aliphatic carbocycles. The van der Waals surface area contributed by atoms with E-state index in [0.29, 0.717) is 5.69 Å². The second-order valence-corrected chi connectivity index (χ2v) is 5.71.